The third-order valence-corrected chi connectivity index (χ3v) is 5.06. The maximum atomic E-state index is 4.77. The molecule has 0 unspecified atom stereocenters. The van der Waals surface area contributed by atoms with Gasteiger partial charge >= 0.3 is 0 Å². The number of hydrogen-bond acceptors (Lipinski definition) is 6. The van der Waals surface area contributed by atoms with Crippen molar-refractivity contribution in [1.82, 2.24) is 9.97 Å². The highest BCUT2D eigenvalue weighted by atomic mass is 32.1. The summed E-state index contributed by atoms with van der Waals surface area (Å²) in [5.41, 5.74) is 2.31. The van der Waals surface area contributed by atoms with E-state index < -0.39 is 0 Å². The first-order valence-electron chi connectivity index (χ1n) is 6.00. The van der Waals surface area contributed by atoms with Gasteiger partial charge in [-0.2, -0.15) is 0 Å². The van der Waals surface area contributed by atoms with E-state index in [9.17, 15) is 0 Å². The average Bonchev–Trinajstić information content (AvgIpc) is 2.94. The molecule has 0 atom stereocenters. The van der Waals surface area contributed by atoms with Gasteiger partial charge in [-0.1, -0.05) is 11.3 Å². The highest BCUT2D eigenvalue weighted by Gasteiger charge is 2.31. The molecule has 4 nitrogen and oxygen atoms in total. The number of aromatic nitrogens is 2. The van der Waals surface area contributed by atoms with Crippen LogP contribution in [0.15, 0.2) is 5.38 Å². The first-order chi connectivity index (χ1) is 8.69. The Morgan fingerprint density at radius 3 is 2.67 bits per heavy atom. The SMILES string of the molecule is CNc1nc(-c2sc(N(C)C)nc2C2CC2)cs1. The van der Waals surface area contributed by atoms with Crippen LogP contribution in [-0.4, -0.2) is 31.1 Å². The molecule has 1 aliphatic carbocycles. The van der Waals surface area contributed by atoms with Crippen LogP contribution in [0.25, 0.3) is 10.6 Å². The Balaban J connectivity index is 2.03. The summed E-state index contributed by atoms with van der Waals surface area (Å²) in [5, 5.41) is 7.25. The molecule has 1 saturated carbocycles. The standard InChI is InChI=1S/C12H16N4S2/c1-13-11-14-8(6-17-11)10-9(7-4-5-7)15-12(18-10)16(2)3/h6-7H,4-5H2,1-3H3,(H,13,14). The maximum Gasteiger partial charge on any atom is 0.185 e. The average molecular weight is 280 g/mol. The summed E-state index contributed by atoms with van der Waals surface area (Å²) in [6.07, 6.45) is 2.54. The topological polar surface area (TPSA) is 41.1 Å². The molecule has 0 bridgehead atoms. The number of anilines is 2. The highest BCUT2D eigenvalue weighted by molar-refractivity contribution is 7.19. The van der Waals surface area contributed by atoms with Crippen molar-refractivity contribution in [2.24, 2.45) is 0 Å². The summed E-state index contributed by atoms with van der Waals surface area (Å²) in [6, 6.07) is 0. The maximum absolute atomic E-state index is 4.77. The molecule has 2 aromatic rings. The van der Waals surface area contributed by atoms with Crippen molar-refractivity contribution in [2.45, 2.75) is 18.8 Å². The summed E-state index contributed by atoms with van der Waals surface area (Å²) >= 11 is 3.39. The molecule has 1 N–H and O–H groups in total. The molecule has 0 aromatic carbocycles. The molecule has 1 fully saturated rings. The van der Waals surface area contributed by atoms with E-state index in [1.807, 2.05) is 21.1 Å². The molecule has 2 aromatic heterocycles. The van der Waals surface area contributed by atoms with Crippen molar-refractivity contribution in [3.05, 3.63) is 11.1 Å². The largest absolute Gasteiger partial charge is 0.365 e. The van der Waals surface area contributed by atoms with Crippen molar-refractivity contribution in [1.29, 1.82) is 0 Å². The van der Waals surface area contributed by atoms with Gasteiger partial charge in [0, 0.05) is 32.4 Å². The minimum absolute atomic E-state index is 0.657. The summed E-state index contributed by atoms with van der Waals surface area (Å²) in [6.45, 7) is 0. The lowest BCUT2D eigenvalue weighted by molar-refractivity contribution is 1.02. The van der Waals surface area contributed by atoms with E-state index in [1.54, 1.807) is 22.7 Å². The van der Waals surface area contributed by atoms with Crippen LogP contribution in [0.1, 0.15) is 24.5 Å². The molecule has 2 heterocycles. The van der Waals surface area contributed by atoms with Crippen LogP contribution in [0.2, 0.25) is 0 Å². The number of nitrogens with zero attached hydrogens (tertiary/aromatic N) is 3. The molecular weight excluding hydrogens is 264 g/mol. The Labute approximate surface area is 115 Å². The molecule has 0 radical (unpaired) electrons. The zero-order valence-corrected chi connectivity index (χ0v) is 12.4. The first-order valence-corrected chi connectivity index (χ1v) is 7.70. The number of hydrogen-bond donors (Lipinski definition) is 1. The Bertz CT molecular complexity index is 554. The van der Waals surface area contributed by atoms with Crippen molar-refractivity contribution < 1.29 is 0 Å². The molecule has 3 rings (SSSR count). The second kappa shape index (κ2) is 4.51. The van der Waals surface area contributed by atoms with E-state index in [0.717, 1.165) is 16.0 Å². The first kappa shape index (κ1) is 11.9. The second-order valence-electron chi connectivity index (χ2n) is 4.67. The lowest BCUT2D eigenvalue weighted by atomic mass is 10.2. The third-order valence-electron chi connectivity index (χ3n) is 2.94. The predicted octanol–water partition coefficient (Wildman–Crippen LogP) is 3.25. The number of thiazole rings is 2. The lowest BCUT2D eigenvalue weighted by Gasteiger charge is -2.05. The number of rotatable bonds is 4. The van der Waals surface area contributed by atoms with E-state index in [2.05, 4.69) is 20.6 Å². The summed E-state index contributed by atoms with van der Waals surface area (Å²) in [4.78, 5) is 12.7. The van der Waals surface area contributed by atoms with Gasteiger partial charge in [0.15, 0.2) is 10.3 Å². The normalized spacial score (nSPS) is 14.8. The fourth-order valence-corrected chi connectivity index (χ4v) is 3.59. The lowest BCUT2D eigenvalue weighted by Crippen LogP contribution is -2.07. The molecule has 96 valence electrons. The van der Waals surface area contributed by atoms with Crippen LogP contribution in [0.3, 0.4) is 0 Å². The van der Waals surface area contributed by atoms with Crippen LogP contribution >= 0.6 is 22.7 Å². The van der Waals surface area contributed by atoms with Gasteiger partial charge in [-0.05, 0) is 12.8 Å². The predicted molar refractivity (Wildman–Crippen MR) is 79.1 cm³/mol. The minimum Gasteiger partial charge on any atom is -0.365 e. The Hall–Kier alpha value is -1.14. The molecule has 0 amide bonds. The zero-order valence-electron chi connectivity index (χ0n) is 10.7. The Morgan fingerprint density at radius 2 is 2.11 bits per heavy atom. The van der Waals surface area contributed by atoms with Crippen molar-refractivity contribution in [3.8, 4) is 10.6 Å². The van der Waals surface area contributed by atoms with Gasteiger partial charge < -0.3 is 10.2 Å². The van der Waals surface area contributed by atoms with E-state index in [4.69, 9.17) is 4.98 Å². The summed E-state index contributed by atoms with van der Waals surface area (Å²) < 4.78 is 0. The van der Waals surface area contributed by atoms with Gasteiger partial charge in [-0.25, -0.2) is 9.97 Å². The molecule has 0 aliphatic heterocycles. The molecular formula is C12H16N4S2. The van der Waals surface area contributed by atoms with Gasteiger partial charge in [0.05, 0.1) is 16.3 Å². The van der Waals surface area contributed by atoms with E-state index in [-0.39, 0.29) is 0 Å². The summed E-state index contributed by atoms with van der Waals surface area (Å²) in [7, 11) is 5.99. The molecule has 18 heavy (non-hydrogen) atoms. The third kappa shape index (κ3) is 2.10. The van der Waals surface area contributed by atoms with Crippen LogP contribution in [0.4, 0.5) is 10.3 Å². The van der Waals surface area contributed by atoms with Gasteiger partial charge in [-0.15, -0.1) is 11.3 Å². The monoisotopic (exact) mass is 280 g/mol. The molecule has 6 heteroatoms. The van der Waals surface area contributed by atoms with Crippen LogP contribution in [0, 0.1) is 0 Å². The minimum atomic E-state index is 0.657. The molecule has 1 aliphatic rings. The van der Waals surface area contributed by atoms with E-state index in [1.165, 1.54) is 23.4 Å². The molecule has 0 spiro atoms. The summed E-state index contributed by atoms with van der Waals surface area (Å²) in [5.74, 6) is 0.657. The van der Waals surface area contributed by atoms with Gasteiger partial charge in [0.2, 0.25) is 0 Å². The van der Waals surface area contributed by atoms with E-state index >= 15 is 0 Å². The van der Waals surface area contributed by atoms with Gasteiger partial charge in [0.1, 0.15) is 0 Å². The zero-order chi connectivity index (χ0) is 12.7. The smallest absolute Gasteiger partial charge is 0.185 e. The van der Waals surface area contributed by atoms with Crippen molar-refractivity contribution >= 4 is 32.9 Å². The second-order valence-corrected chi connectivity index (χ2v) is 6.50. The fraction of sp³-hybridized carbons (Fsp3) is 0.500. The van der Waals surface area contributed by atoms with E-state index in [0.29, 0.717) is 5.92 Å². The highest BCUT2D eigenvalue weighted by Crippen LogP contribution is 2.47. The quantitative estimate of drug-likeness (QED) is 0.933. The van der Waals surface area contributed by atoms with Crippen LogP contribution in [0.5, 0.6) is 0 Å². The van der Waals surface area contributed by atoms with Crippen molar-refractivity contribution in [2.75, 3.05) is 31.4 Å². The Kier molecular flexibility index (Phi) is 2.99. The number of nitrogens with one attached hydrogen (secondary N) is 1. The van der Waals surface area contributed by atoms with Crippen LogP contribution in [-0.2, 0) is 0 Å². The molecule has 0 saturated heterocycles. The van der Waals surface area contributed by atoms with Crippen molar-refractivity contribution in [3.63, 3.8) is 0 Å². The van der Waals surface area contributed by atoms with Gasteiger partial charge in [0.25, 0.3) is 0 Å². The Morgan fingerprint density at radius 1 is 1.33 bits per heavy atom. The van der Waals surface area contributed by atoms with Crippen LogP contribution < -0.4 is 10.2 Å². The van der Waals surface area contributed by atoms with Gasteiger partial charge in [-0.3, -0.25) is 0 Å². The fourth-order valence-electron chi connectivity index (χ4n) is 1.82.